The van der Waals surface area contributed by atoms with Crippen molar-refractivity contribution < 1.29 is 9.53 Å². The minimum atomic E-state index is 0.0699. The summed E-state index contributed by atoms with van der Waals surface area (Å²) >= 11 is 0. The highest BCUT2D eigenvalue weighted by Gasteiger charge is 2.22. The lowest BCUT2D eigenvalue weighted by atomic mass is 10.0. The van der Waals surface area contributed by atoms with Crippen LogP contribution in [0.2, 0.25) is 0 Å². The van der Waals surface area contributed by atoms with Crippen LogP contribution >= 0.6 is 0 Å². The molecule has 1 fully saturated rings. The van der Waals surface area contributed by atoms with Gasteiger partial charge in [-0.2, -0.15) is 0 Å². The van der Waals surface area contributed by atoms with Crippen LogP contribution in [0, 0.1) is 0 Å². The molecule has 0 atom stereocenters. The molecule has 0 aliphatic carbocycles. The molecule has 2 heterocycles. The van der Waals surface area contributed by atoms with Gasteiger partial charge in [-0.15, -0.1) is 0 Å². The van der Waals surface area contributed by atoms with E-state index in [1.165, 1.54) is 16.7 Å². The summed E-state index contributed by atoms with van der Waals surface area (Å²) in [4.78, 5) is 22.1. The van der Waals surface area contributed by atoms with Crippen molar-refractivity contribution in [2.45, 2.75) is 32.9 Å². The van der Waals surface area contributed by atoms with E-state index in [1.807, 2.05) is 30.0 Å². The minimum Gasteiger partial charge on any atom is -0.379 e. The van der Waals surface area contributed by atoms with Crippen LogP contribution in [0.4, 0.5) is 5.69 Å². The molecule has 33 heavy (non-hydrogen) atoms. The van der Waals surface area contributed by atoms with E-state index in [2.05, 4.69) is 45.9 Å². The normalized spacial score (nSPS) is 16.9. The van der Waals surface area contributed by atoms with Gasteiger partial charge in [-0.25, -0.2) is 4.99 Å². The van der Waals surface area contributed by atoms with Crippen molar-refractivity contribution in [1.82, 2.24) is 15.5 Å². The van der Waals surface area contributed by atoms with Crippen LogP contribution in [0.3, 0.4) is 0 Å². The van der Waals surface area contributed by atoms with E-state index in [-0.39, 0.29) is 12.5 Å². The number of carbonyl (C=O) groups is 1. The average Bonchev–Trinajstić information content (AvgIpc) is 2.86. The first kappa shape index (κ1) is 23.3. The molecule has 7 nitrogen and oxygen atoms in total. The zero-order chi connectivity index (χ0) is 22.9. The number of para-hydroxylation sites is 1. The third-order valence-corrected chi connectivity index (χ3v) is 6.19. The molecule has 1 saturated heterocycles. The van der Waals surface area contributed by atoms with Crippen LogP contribution in [-0.4, -0.2) is 62.7 Å². The lowest BCUT2D eigenvalue weighted by Crippen LogP contribution is -2.46. The Hall–Kier alpha value is -2.90. The third kappa shape index (κ3) is 6.33. The van der Waals surface area contributed by atoms with Gasteiger partial charge < -0.3 is 20.3 Å². The molecule has 2 aliphatic heterocycles. The highest BCUT2D eigenvalue weighted by Crippen LogP contribution is 2.26. The van der Waals surface area contributed by atoms with Crippen molar-refractivity contribution in [2.75, 3.05) is 50.8 Å². The molecule has 0 unspecified atom stereocenters. The van der Waals surface area contributed by atoms with Crippen LogP contribution in [0.5, 0.6) is 0 Å². The number of aliphatic imine (C=N–C) groups is 1. The van der Waals surface area contributed by atoms with Crippen molar-refractivity contribution >= 4 is 17.6 Å². The standard InChI is InChI=1S/C26H35N5O2/c1-2-27-26(29-19-25(32)31-13-7-11-21-8-5-6-12-24(21)31)28-18-22-9-3-4-10-23(22)20-30-14-16-33-17-15-30/h3-6,8-10,12H,2,7,11,13-20H2,1H3,(H2,27,28,29). The lowest BCUT2D eigenvalue weighted by Gasteiger charge is -2.29. The van der Waals surface area contributed by atoms with Crippen LogP contribution in [0.1, 0.15) is 30.0 Å². The van der Waals surface area contributed by atoms with Crippen LogP contribution in [-0.2, 0) is 29.0 Å². The number of hydrogen-bond donors (Lipinski definition) is 2. The Morgan fingerprint density at radius 1 is 1.00 bits per heavy atom. The maximum atomic E-state index is 13.0. The van der Waals surface area contributed by atoms with Crippen molar-refractivity contribution in [3.63, 3.8) is 0 Å². The predicted molar refractivity (Wildman–Crippen MR) is 132 cm³/mol. The Morgan fingerprint density at radius 2 is 1.76 bits per heavy atom. The van der Waals surface area contributed by atoms with Crippen molar-refractivity contribution in [3.8, 4) is 0 Å². The Kier molecular flexibility index (Phi) is 8.33. The fourth-order valence-electron chi connectivity index (χ4n) is 4.42. The molecule has 2 aliphatic rings. The minimum absolute atomic E-state index is 0.0699. The summed E-state index contributed by atoms with van der Waals surface area (Å²) < 4.78 is 5.47. The Morgan fingerprint density at radius 3 is 2.58 bits per heavy atom. The maximum absolute atomic E-state index is 13.0. The van der Waals surface area contributed by atoms with E-state index in [0.717, 1.165) is 64.5 Å². The summed E-state index contributed by atoms with van der Waals surface area (Å²) in [5, 5.41) is 6.51. The second-order valence-corrected chi connectivity index (χ2v) is 8.48. The van der Waals surface area contributed by atoms with E-state index in [9.17, 15) is 4.79 Å². The second-order valence-electron chi connectivity index (χ2n) is 8.48. The number of fused-ring (bicyclic) bond motifs is 1. The number of guanidine groups is 1. The summed E-state index contributed by atoms with van der Waals surface area (Å²) in [7, 11) is 0. The number of anilines is 1. The van der Waals surface area contributed by atoms with E-state index >= 15 is 0 Å². The summed E-state index contributed by atoms with van der Waals surface area (Å²) in [6.45, 7) is 8.74. The van der Waals surface area contributed by atoms with Crippen LogP contribution < -0.4 is 15.5 Å². The molecular formula is C26H35N5O2. The summed E-state index contributed by atoms with van der Waals surface area (Å²) in [5.41, 5.74) is 4.78. The summed E-state index contributed by atoms with van der Waals surface area (Å²) in [6.07, 6.45) is 2.03. The topological polar surface area (TPSA) is 69.2 Å². The molecule has 7 heteroatoms. The smallest absolute Gasteiger partial charge is 0.246 e. The number of nitrogens with zero attached hydrogens (tertiary/aromatic N) is 3. The number of aryl methyl sites for hydroxylation is 1. The van der Waals surface area contributed by atoms with Gasteiger partial charge >= 0.3 is 0 Å². The number of nitrogens with one attached hydrogen (secondary N) is 2. The fourth-order valence-corrected chi connectivity index (χ4v) is 4.42. The van der Waals surface area contributed by atoms with Crippen LogP contribution in [0.15, 0.2) is 53.5 Å². The van der Waals surface area contributed by atoms with E-state index in [1.54, 1.807) is 0 Å². The Balaban J connectivity index is 1.38. The van der Waals surface area contributed by atoms with E-state index < -0.39 is 0 Å². The number of hydrogen-bond acceptors (Lipinski definition) is 4. The molecule has 0 spiro atoms. The molecule has 4 rings (SSSR count). The van der Waals surface area contributed by atoms with Crippen molar-refractivity contribution in [2.24, 2.45) is 4.99 Å². The maximum Gasteiger partial charge on any atom is 0.246 e. The number of benzene rings is 2. The largest absolute Gasteiger partial charge is 0.379 e. The van der Waals surface area contributed by atoms with Gasteiger partial charge in [-0.3, -0.25) is 9.69 Å². The Labute approximate surface area is 196 Å². The monoisotopic (exact) mass is 449 g/mol. The highest BCUT2D eigenvalue weighted by molar-refractivity contribution is 5.98. The first-order valence-corrected chi connectivity index (χ1v) is 12.0. The van der Waals surface area contributed by atoms with Gasteiger partial charge in [0.25, 0.3) is 0 Å². The van der Waals surface area contributed by atoms with Gasteiger partial charge in [0.05, 0.1) is 26.3 Å². The fraction of sp³-hybridized carbons (Fsp3) is 0.462. The molecule has 1 amide bonds. The van der Waals surface area contributed by atoms with Gasteiger partial charge in [-0.05, 0) is 42.5 Å². The predicted octanol–water partition coefficient (Wildman–Crippen LogP) is 2.55. The van der Waals surface area contributed by atoms with Gasteiger partial charge in [0.2, 0.25) is 5.91 Å². The van der Waals surface area contributed by atoms with Gasteiger partial charge in [0.1, 0.15) is 0 Å². The molecule has 0 aromatic heterocycles. The summed E-state index contributed by atoms with van der Waals surface area (Å²) in [5.74, 6) is 0.734. The molecule has 176 valence electrons. The Bertz CT molecular complexity index is 955. The first-order chi connectivity index (χ1) is 16.2. The molecule has 2 aromatic rings. The van der Waals surface area contributed by atoms with E-state index in [4.69, 9.17) is 9.73 Å². The molecular weight excluding hydrogens is 414 g/mol. The summed E-state index contributed by atoms with van der Waals surface area (Å²) in [6, 6.07) is 16.7. The zero-order valence-corrected chi connectivity index (χ0v) is 19.6. The molecule has 0 bridgehead atoms. The number of ether oxygens (including phenoxy) is 1. The van der Waals surface area contributed by atoms with Gasteiger partial charge in [-0.1, -0.05) is 42.5 Å². The van der Waals surface area contributed by atoms with Gasteiger partial charge in [0, 0.05) is 38.4 Å². The van der Waals surface area contributed by atoms with Crippen molar-refractivity contribution in [3.05, 3.63) is 65.2 Å². The third-order valence-electron chi connectivity index (χ3n) is 6.19. The molecule has 2 N–H and O–H groups in total. The lowest BCUT2D eigenvalue weighted by molar-refractivity contribution is -0.117. The molecule has 0 radical (unpaired) electrons. The number of amides is 1. The zero-order valence-electron chi connectivity index (χ0n) is 19.6. The highest BCUT2D eigenvalue weighted by atomic mass is 16.5. The van der Waals surface area contributed by atoms with Crippen molar-refractivity contribution in [1.29, 1.82) is 0 Å². The molecule has 2 aromatic carbocycles. The number of rotatable bonds is 7. The first-order valence-electron chi connectivity index (χ1n) is 12.0. The second kappa shape index (κ2) is 11.8. The van der Waals surface area contributed by atoms with Gasteiger partial charge in [0.15, 0.2) is 5.96 Å². The SMILES string of the molecule is CCNC(=NCc1ccccc1CN1CCOCC1)NCC(=O)N1CCCc2ccccc21. The van der Waals surface area contributed by atoms with E-state index in [0.29, 0.717) is 12.5 Å². The average molecular weight is 450 g/mol. The number of morpholine rings is 1. The quantitative estimate of drug-likeness (QED) is 0.502. The van der Waals surface area contributed by atoms with Crippen LogP contribution in [0.25, 0.3) is 0 Å². The molecule has 0 saturated carbocycles. The number of carbonyl (C=O) groups excluding carboxylic acids is 1.